The van der Waals surface area contributed by atoms with E-state index in [1.54, 1.807) is 19.1 Å². The predicted octanol–water partition coefficient (Wildman–Crippen LogP) is 30.9. The van der Waals surface area contributed by atoms with Gasteiger partial charge < -0.3 is 5.53 Å². The van der Waals surface area contributed by atoms with Crippen molar-refractivity contribution in [3.8, 4) is 0 Å². The average molecular weight is 1270 g/mol. The minimum atomic E-state index is 0.995. The van der Waals surface area contributed by atoms with Gasteiger partial charge >= 0.3 is 26.2 Å². The summed E-state index contributed by atoms with van der Waals surface area (Å²) >= 11 is 1.62. The van der Waals surface area contributed by atoms with Crippen molar-refractivity contribution in [2.75, 3.05) is 0 Å². The Morgan fingerprint density at radius 3 is 0.719 bits per heavy atom. The first-order valence-corrected chi connectivity index (χ1v) is 41.7. The molecule has 0 spiro atoms. The molecule has 0 atom stereocenters. The van der Waals surface area contributed by atoms with Gasteiger partial charge in [0.25, 0.3) is 0 Å². The Hall–Kier alpha value is -2.51. The Labute approximate surface area is 563 Å². The van der Waals surface area contributed by atoms with E-state index in [1.165, 1.54) is 367 Å². The fraction of sp³-hybridized carbons (Fsp3) is 0.767. The molecule has 0 aliphatic carbocycles. The summed E-state index contributed by atoms with van der Waals surface area (Å²) in [7, 11) is 0. The van der Waals surface area contributed by atoms with Gasteiger partial charge in [0, 0.05) is 22.3 Å². The number of rotatable bonds is 64. The van der Waals surface area contributed by atoms with Crippen LogP contribution < -0.4 is 0 Å². The molecule has 2 aromatic carbocycles. The van der Waals surface area contributed by atoms with E-state index in [9.17, 15) is 5.53 Å². The molecule has 0 bridgehead atoms. The van der Waals surface area contributed by atoms with Crippen LogP contribution in [0.15, 0.2) is 84.0 Å². The number of hydrogen-bond donors (Lipinski definition) is 0. The number of benzene rings is 2. The van der Waals surface area contributed by atoms with Crippen molar-refractivity contribution in [2.24, 2.45) is 0 Å². The first-order valence-electron chi connectivity index (χ1n) is 39.7. The molecule has 0 aromatic heterocycles. The van der Waals surface area contributed by atoms with E-state index in [2.05, 4.69) is 112 Å². The van der Waals surface area contributed by atoms with E-state index in [-0.39, 0.29) is 0 Å². The molecule has 0 radical (unpaired) electrons. The first-order chi connectivity index (χ1) is 44.1. The van der Waals surface area contributed by atoms with Gasteiger partial charge in [-0.3, -0.25) is 0 Å². The number of allylic oxidation sites excluding steroid dienone is 6. The van der Waals surface area contributed by atoms with E-state index in [0.717, 1.165) is 62.8 Å². The fourth-order valence-electron chi connectivity index (χ4n) is 13.8. The molecular formula is C86H150N2Ni. The third-order valence-corrected chi connectivity index (χ3v) is 19.4. The monoisotopic (exact) mass is 1270 g/mol. The normalized spacial score (nSPS) is 12.8. The van der Waals surface area contributed by atoms with Gasteiger partial charge in [0.05, 0.1) is 0 Å². The average Bonchev–Trinajstić information content (AvgIpc) is 1.62. The summed E-state index contributed by atoms with van der Waals surface area (Å²) in [5.41, 5.74) is 22.7. The number of aryl methyl sites for hydroxylation is 2. The molecule has 514 valence electrons. The van der Waals surface area contributed by atoms with Crippen molar-refractivity contribution in [1.29, 1.82) is 0 Å². The van der Waals surface area contributed by atoms with Crippen LogP contribution in [0.5, 0.6) is 0 Å². The van der Waals surface area contributed by atoms with Gasteiger partial charge in [0.2, 0.25) is 11.4 Å². The predicted molar refractivity (Wildman–Crippen MR) is 398 cm³/mol. The van der Waals surface area contributed by atoms with Gasteiger partial charge in [-0.15, -0.1) is 0 Å². The standard InChI is InChI=1S/C84H144N2.2CH3.Ni/c1-5-9-13-15-17-19-21-23-25-27-29-31-33-35-37-39-41-43-45-47-49-51-53-55-57-59-63-69-77-71-65-67-73-79(77)83-81(75-61-11-7-3)82(76-62-12-8-4)84(86(83)85)80-74-68-66-72-78(80)70-64-60-58-56-54-52-50-48-46-44-42-40-38-36-34-32-30-28-26-24-22-20-18-16-14-10-6-2;;;/h57-60,65-68,71-74H,5-56,61-64,69-70,75-76H2,1-4H3;2*1H3;. The number of unbranched alkanes of at least 4 members (excludes halogenated alkanes) is 50. The number of nitrogens with zero attached hydrogens (tertiary/aromatic N) is 2. The molecule has 2 aromatic rings. The summed E-state index contributed by atoms with van der Waals surface area (Å²) in [4.78, 5) is 0. The molecule has 1 heterocycles. The second kappa shape index (κ2) is 64.2. The van der Waals surface area contributed by atoms with Crippen LogP contribution in [0.3, 0.4) is 0 Å². The molecule has 0 unspecified atom stereocenters. The van der Waals surface area contributed by atoms with Crippen LogP contribution in [-0.2, 0) is 27.3 Å². The Morgan fingerprint density at radius 2 is 0.472 bits per heavy atom. The summed E-state index contributed by atoms with van der Waals surface area (Å²) < 4.78 is 1.66. The second-order valence-corrected chi connectivity index (χ2v) is 28.7. The second-order valence-electron chi connectivity index (χ2n) is 27.7. The third kappa shape index (κ3) is 44.7. The summed E-state index contributed by atoms with van der Waals surface area (Å²) in [5, 5.41) is 0. The SMILES string of the molecule is CCCCCCCCCCCCCCCCCCCCCCCCCC=CCCc1ccccc1C1=C(CCCCC)C(CCCCC)=C(c2ccccc2CCC=CCCCCCCCCCCCCCCCCCCCCCCCCC)[N+]1=[N-].[CH3][Ni][CH3]. The van der Waals surface area contributed by atoms with E-state index in [4.69, 9.17) is 0 Å². The molecule has 0 fully saturated rings. The summed E-state index contributed by atoms with van der Waals surface area (Å²) in [6.45, 7) is 9.25. The van der Waals surface area contributed by atoms with Crippen LogP contribution in [0.1, 0.15) is 422 Å². The van der Waals surface area contributed by atoms with Gasteiger partial charge in [0.1, 0.15) is 0 Å². The Balaban J connectivity index is 0.00000881. The molecule has 3 rings (SSSR count). The molecule has 2 nitrogen and oxygen atoms in total. The zero-order chi connectivity index (χ0) is 63.8. The van der Waals surface area contributed by atoms with Crippen molar-refractivity contribution in [2.45, 2.75) is 425 Å². The van der Waals surface area contributed by atoms with Crippen molar-refractivity contribution in [3.05, 3.63) is 112 Å². The van der Waals surface area contributed by atoms with Crippen molar-refractivity contribution in [1.82, 2.24) is 0 Å². The summed E-state index contributed by atoms with van der Waals surface area (Å²) in [6.07, 6.45) is 91.6. The summed E-state index contributed by atoms with van der Waals surface area (Å²) in [6, 6.07) is 18.0. The summed E-state index contributed by atoms with van der Waals surface area (Å²) in [5.74, 6) is 4.12. The van der Waals surface area contributed by atoms with Crippen LogP contribution in [0.25, 0.3) is 16.9 Å². The quantitative estimate of drug-likeness (QED) is 0.0273. The maximum absolute atomic E-state index is 12.7. The molecule has 89 heavy (non-hydrogen) atoms. The Morgan fingerprint density at radius 1 is 0.270 bits per heavy atom. The van der Waals surface area contributed by atoms with Crippen LogP contribution in [0.2, 0.25) is 11.8 Å². The maximum atomic E-state index is 12.7. The molecule has 1 aliphatic rings. The van der Waals surface area contributed by atoms with Gasteiger partial charge in [-0.05, 0) is 100 Å². The van der Waals surface area contributed by atoms with E-state index in [1.807, 2.05) is 0 Å². The molecule has 0 amide bonds. The molecule has 1 aliphatic heterocycles. The third-order valence-electron chi connectivity index (χ3n) is 19.4. The molecule has 0 saturated heterocycles. The molecule has 3 heteroatoms. The minimum absolute atomic E-state index is 0.995. The zero-order valence-corrected chi connectivity index (χ0v) is 61.6. The topological polar surface area (TPSA) is 25.3 Å². The van der Waals surface area contributed by atoms with E-state index in [0.29, 0.717) is 0 Å². The van der Waals surface area contributed by atoms with Crippen LogP contribution >= 0.6 is 0 Å². The number of hydrogen-bond acceptors (Lipinski definition) is 0. The Bertz CT molecular complexity index is 1860. The van der Waals surface area contributed by atoms with Crippen LogP contribution in [0.4, 0.5) is 0 Å². The van der Waals surface area contributed by atoms with Gasteiger partial charge in [-0.1, -0.05) is 397 Å². The fourth-order valence-corrected chi connectivity index (χ4v) is 13.8. The van der Waals surface area contributed by atoms with Crippen molar-refractivity contribution >= 4 is 11.4 Å². The Kier molecular flexibility index (Phi) is 59.6. The van der Waals surface area contributed by atoms with Crippen LogP contribution in [0, 0.1) is 0 Å². The molecular weight excluding hydrogens is 1120 g/mol. The van der Waals surface area contributed by atoms with E-state index >= 15 is 0 Å². The zero-order valence-electron chi connectivity index (χ0n) is 60.6. The first kappa shape index (κ1) is 82.6. The van der Waals surface area contributed by atoms with Crippen LogP contribution in [-0.4, -0.2) is 4.70 Å². The van der Waals surface area contributed by atoms with Gasteiger partial charge in [0.15, 0.2) is 0 Å². The van der Waals surface area contributed by atoms with Gasteiger partial charge in [-0.2, -0.15) is 0 Å². The van der Waals surface area contributed by atoms with Gasteiger partial charge in [-0.25, -0.2) is 4.70 Å². The van der Waals surface area contributed by atoms with E-state index < -0.39 is 0 Å². The van der Waals surface area contributed by atoms with Crippen molar-refractivity contribution in [3.63, 3.8) is 0 Å². The molecule has 0 N–H and O–H groups in total. The molecule has 0 saturated carbocycles. The van der Waals surface area contributed by atoms with Crippen molar-refractivity contribution < 1.29 is 19.1 Å².